The van der Waals surface area contributed by atoms with Gasteiger partial charge in [-0.2, -0.15) is 0 Å². The van der Waals surface area contributed by atoms with Crippen LogP contribution in [0, 0.1) is 5.92 Å². The number of nitrogens with two attached hydrogens (primary N) is 1. The molecular weight excluding hydrogens is 260 g/mol. The van der Waals surface area contributed by atoms with Gasteiger partial charge in [0.2, 0.25) is 0 Å². The van der Waals surface area contributed by atoms with Crippen molar-refractivity contribution in [1.29, 1.82) is 0 Å². The zero-order valence-corrected chi connectivity index (χ0v) is 12.8. The molecule has 6 heteroatoms. The molecule has 0 aromatic rings. The first-order valence-corrected chi connectivity index (χ1v) is 7.14. The van der Waals surface area contributed by atoms with E-state index in [0.717, 1.165) is 0 Å². The van der Waals surface area contributed by atoms with Gasteiger partial charge in [0.25, 0.3) is 0 Å². The normalized spacial score (nSPS) is 26.8. The molecule has 20 heavy (non-hydrogen) atoms. The van der Waals surface area contributed by atoms with Crippen molar-refractivity contribution >= 4 is 12.1 Å². The van der Waals surface area contributed by atoms with E-state index in [1.54, 1.807) is 27.7 Å². The minimum Gasteiger partial charge on any atom is -0.466 e. The predicted molar refractivity (Wildman–Crippen MR) is 75.1 cm³/mol. The lowest BCUT2D eigenvalue weighted by molar-refractivity contribution is -0.149. The van der Waals surface area contributed by atoms with Crippen molar-refractivity contribution in [3.05, 3.63) is 0 Å². The summed E-state index contributed by atoms with van der Waals surface area (Å²) in [5.41, 5.74) is 5.45. The molecule has 0 unspecified atom stereocenters. The fourth-order valence-corrected chi connectivity index (χ4v) is 2.29. The van der Waals surface area contributed by atoms with E-state index in [2.05, 4.69) is 5.32 Å². The van der Waals surface area contributed by atoms with Crippen LogP contribution in [0.25, 0.3) is 0 Å². The largest absolute Gasteiger partial charge is 0.466 e. The number of carbonyl (C=O) groups is 2. The first-order chi connectivity index (χ1) is 9.23. The van der Waals surface area contributed by atoms with Crippen LogP contribution in [0.5, 0.6) is 0 Å². The van der Waals surface area contributed by atoms with Crippen molar-refractivity contribution in [2.45, 2.75) is 64.6 Å². The van der Waals surface area contributed by atoms with Gasteiger partial charge in [0.1, 0.15) is 5.60 Å². The number of hydrogen-bond donors (Lipinski definition) is 2. The minimum absolute atomic E-state index is 0.159. The summed E-state index contributed by atoms with van der Waals surface area (Å²) in [6.07, 6.45) is 1.39. The number of amides is 1. The molecule has 0 saturated heterocycles. The molecule has 0 heterocycles. The van der Waals surface area contributed by atoms with Crippen molar-refractivity contribution in [2.24, 2.45) is 11.7 Å². The average molecular weight is 286 g/mol. The molecule has 0 spiro atoms. The summed E-state index contributed by atoms with van der Waals surface area (Å²) in [7, 11) is 0. The number of hydrogen-bond acceptors (Lipinski definition) is 5. The second-order valence-electron chi connectivity index (χ2n) is 6.18. The lowest BCUT2D eigenvalue weighted by Gasteiger charge is -2.34. The summed E-state index contributed by atoms with van der Waals surface area (Å²) < 4.78 is 10.2. The number of carbonyl (C=O) groups excluding carboxylic acids is 2. The Morgan fingerprint density at radius 1 is 1.30 bits per heavy atom. The van der Waals surface area contributed by atoms with E-state index >= 15 is 0 Å². The zero-order valence-electron chi connectivity index (χ0n) is 12.8. The second kappa shape index (κ2) is 6.92. The lowest BCUT2D eigenvalue weighted by Crippen LogP contribution is -2.53. The third-order valence-electron chi connectivity index (χ3n) is 3.23. The van der Waals surface area contributed by atoms with Gasteiger partial charge in [-0.05, 0) is 47.0 Å². The summed E-state index contributed by atoms with van der Waals surface area (Å²) in [5, 5.41) is 2.76. The maximum atomic E-state index is 11.8. The maximum absolute atomic E-state index is 11.8. The highest BCUT2D eigenvalue weighted by molar-refractivity contribution is 5.73. The molecule has 1 aliphatic carbocycles. The van der Waals surface area contributed by atoms with Crippen molar-refractivity contribution in [1.82, 2.24) is 5.32 Å². The van der Waals surface area contributed by atoms with E-state index in [1.165, 1.54) is 0 Å². The minimum atomic E-state index is -0.552. The molecule has 3 N–H and O–H groups in total. The fraction of sp³-hybridized carbons (Fsp3) is 0.857. The molecule has 0 aliphatic heterocycles. The van der Waals surface area contributed by atoms with Gasteiger partial charge in [0.05, 0.1) is 12.5 Å². The van der Waals surface area contributed by atoms with Crippen LogP contribution in [0.1, 0.15) is 47.0 Å². The van der Waals surface area contributed by atoms with Crippen LogP contribution in [0.15, 0.2) is 0 Å². The molecule has 1 rings (SSSR count). The Hall–Kier alpha value is -1.30. The van der Waals surface area contributed by atoms with Crippen LogP contribution in [0.2, 0.25) is 0 Å². The van der Waals surface area contributed by atoms with Crippen molar-refractivity contribution in [3.8, 4) is 0 Å². The number of rotatable bonds is 3. The number of ether oxygens (including phenoxy) is 2. The molecule has 1 saturated carbocycles. The Morgan fingerprint density at radius 2 is 1.95 bits per heavy atom. The Morgan fingerprint density at radius 3 is 2.50 bits per heavy atom. The van der Waals surface area contributed by atoms with Crippen LogP contribution < -0.4 is 11.1 Å². The SMILES string of the molecule is CCOC(=O)[C@H]1CC[C@@H](N)[C@H](NC(=O)OC(C)(C)C)C1. The van der Waals surface area contributed by atoms with Crippen molar-refractivity contribution < 1.29 is 19.1 Å². The number of alkyl carbamates (subject to hydrolysis) is 1. The molecule has 1 fully saturated rings. The Bertz CT molecular complexity index is 352. The second-order valence-corrected chi connectivity index (χ2v) is 6.18. The van der Waals surface area contributed by atoms with Crippen molar-refractivity contribution in [2.75, 3.05) is 6.61 Å². The summed E-state index contributed by atoms with van der Waals surface area (Å²) in [6.45, 7) is 7.55. The molecule has 0 aromatic carbocycles. The molecular formula is C14H26N2O4. The van der Waals surface area contributed by atoms with Crippen molar-refractivity contribution in [3.63, 3.8) is 0 Å². The smallest absolute Gasteiger partial charge is 0.407 e. The van der Waals surface area contributed by atoms with E-state index in [0.29, 0.717) is 25.9 Å². The van der Waals surface area contributed by atoms with Crippen LogP contribution in [0.4, 0.5) is 4.79 Å². The molecule has 1 aliphatic rings. The topological polar surface area (TPSA) is 90.6 Å². The molecule has 116 valence electrons. The highest BCUT2D eigenvalue weighted by Crippen LogP contribution is 2.25. The van der Waals surface area contributed by atoms with Gasteiger partial charge in [-0.15, -0.1) is 0 Å². The highest BCUT2D eigenvalue weighted by atomic mass is 16.6. The Balaban J connectivity index is 2.54. The molecule has 1 amide bonds. The van der Waals surface area contributed by atoms with Gasteiger partial charge in [0.15, 0.2) is 0 Å². The van der Waals surface area contributed by atoms with E-state index < -0.39 is 11.7 Å². The monoisotopic (exact) mass is 286 g/mol. The highest BCUT2D eigenvalue weighted by Gasteiger charge is 2.34. The van der Waals surface area contributed by atoms with Crippen LogP contribution >= 0.6 is 0 Å². The fourth-order valence-electron chi connectivity index (χ4n) is 2.29. The third-order valence-corrected chi connectivity index (χ3v) is 3.23. The summed E-state index contributed by atoms with van der Waals surface area (Å²) in [4.78, 5) is 23.5. The first-order valence-electron chi connectivity index (χ1n) is 7.14. The van der Waals surface area contributed by atoms with Crippen LogP contribution in [-0.4, -0.2) is 36.4 Å². The summed E-state index contributed by atoms with van der Waals surface area (Å²) in [5.74, 6) is -0.412. The van der Waals surface area contributed by atoms with Gasteiger partial charge in [-0.3, -0.25) is 4.79 Å². The van der Waals surface area contributed by atoms with Gasteiger partial charge >= 0.3 is 12.1 Å². The van der Waals surface area contributed by atoms with Gasteiger partial charge in [-0.25, -0.2) is 4.79 Å². The van der Waals surface area contributed by atoms with Gasteiger partial charge in [-0.1, -0.05) is 0 Å². The Labute approximate surface area is 120 Å². The predicted octanol–water partition coefficient (Wildman–Crippen LogP) is 1.57. The number of nitrogens with one attached hydrogen (secondary N) is 1. The molecule has 0 radical (unpaired) electrons. The van der Waals surface area contributed by atoms with Crippen LogP contribution in [0.3, 0.4) is 0 Å². The lowest BCUT2D eigenvalue weighted by atomic mass is 9.83. The average Bonchev–Trinajstić information content (AvgIpc) is 2.29. The number of esters is 1. The van der Waals surface area contributed by atoms with Crippen LogP contribution in [-0.2, 0) is 14.3 Å². The van der Waals surface area contributed by atoms with E-state index in [4.69, 9.17) is 15.2 Å². The van der Waals surface area contributed by atoms with E-state index in [-0.39, 0.29) is 24.0 Å². The van der Waals surface area contributed by atoms with E-state index in [9.17, 15) is 9.59 Å². The zero-order chi connectivity index (χ0) is 15.3. The maximum Gasteiger partial charge on any atom is 0.407 e. The van der Waals surface area contributed by atoms with Gasteiger partial charge in [0, 0.05) is 12.1 Å². The van der Waals surface area contributed by atoms with E-state index in [1.807, 2.05) is 0 Å². The summed E-state index contributed by atoms with van der Waals surface area (Å²) >= 11 is 0. The van der Waals surface area contributed by atoms with Gasteiger partial charge < -0.3 is 20.5 Å². The molecule has 0 aromatic heterocycles. The Kier molecular flexibility index (Phi) is 5.80. The molecule has 0 bridgehead atoms. The molecule has 3 atom stereocenters. The quantitative estimate of drug-likeness (QED) is 0.768. The summed E-state index contributed by atoms with van der Waals surface area (Å²) in [6, 6.07) is -0.416. The third kappa shape index (κ3) is 5.36. The molecule has 6 nitrogen and oxygen atoms in total. The first kappa shape index (κ1) is 16.8. The standard InChI is InChI=1S/C14H26N2O4/c1-5-19-12(17)9-6-7-10(15)11(8-9)16-13(18)20-14(2,3)4/h9-11H,5-8,15H2,1-4H3,(H,16,18)/t9-,10+,11+/m0/s1.